The molecule has 0 radical (unpaired) electrons. The average Bonchev–Trinajstić information content (AvgIpc) is 3.17. The molecule has 0 bridgehead atoms. The van der Waals surface area contributed by atoms with E-state index in [1.807, 2.05) is 0 Å². The number of aliphatic hydroxyl groups excluding tert-OH is 1. The number of amides is 1. The van der Waals surface area contributed by atoms with Gasteiger partial charge >= 0.3 is 0 Å². The number of carbonyl (C=O) groups is 1. The van der Waals surface area contributed by atoms with Crippen molar-refractivity contribution in [2.24, 2.45) is 0 Å². The van der Waals surface area contributed by atoms with E-state index in [1.165, 1.54) is 0 Å². The molecule has 0 fully saturated rings. The van der Waals surface area contributed by atoms with Gasteiger partial charge in [0, 0.05) is 25.2 Å². The number of hydrogen-bond donors (Lipinski definition) is 2. The highest BCUT2D eigenvalue weighted by Crippen LogP contribution is 2.32. The van der Waals surface area contributed by atoms with Crippen molar-refractivity contribution in [2.45, 2.75) is 45.4 Å². The van der Waals surface area contributed by atoms with Crippen LogP contribution in [0, 0.1) is 18.6 Å². The van der Waals surface area contributed by atoms with Crippen molar-refractivity contribution >= 4 is 44.4 Å². The van der Waals surface area contributed by atoms with E-state index in [1.54, 1.807) is 42.9 Å². The van der Waals surface area contributed by atoms with Gasteiger partial charge in [0.2, 0.25) is 5.91 Å². The Morgan fingerprint density at radius 1 is 1.21 bits per heavy atom. The first-order chi connectivity index (χ1) is 15.2. The molecule has 2 aromatic heterocycles. The Balaban J connectivity index is 0.00000204. The number of aliphatic hydroxyl groups is 1. The lowest BCUT2D eigenvalue weighted by Gasteiger charge is -2.36. The number of nitrogens with zero attached hydrogens (tertiary/aromatic N) is 5. The number of anilines is 2. The van der Waals surface area contributed by atoms with Gasteiger partial charge in [-0.05, 0) is 44.0 Å². The summed E-state index contributed by atoms with van der Waals surface area (Å²) in [5.41, 5.74) is 2.32. The first-order valence-corrected chi connectivity index (χ1v) is 10.3. The molecule has 3 aromatic rings. The number of fused-ring (bicyclic) bond motifs is 1. The lowest BCUT2D eigenvalue weighted by atomic mass is 10.1. The fourth-order valence-electron chi connectivity index (χ4n) is 3.89. The van der Waals surface area contributed by atoms with Crippen LogP contribution in [-0.2, 0) is 24.2 Å². The molecule has 0 saturated carbocycles. The van der Waals surface area contributed by atoms with Crippen LogP contribution >= 0.6 is 27.0 Å². The number of hydrogen-bond acceptors (Lipinski definition) is 6. The van der Waals surface area contributed by atoms with Crippen molar-refractivity contribution in [1.29, 1.82) is 0 Å². The molecule has 34 heavy (non-hydrogen) atoms. The van der Waals surface area contributed by atoms with Gasteiger partial charge < -0.3 is 15.3 Å². The standard InChI is InChI=1S/C22H24F2N6O2.2H2S/c1-12-19-21(29(3)20(13(2)31)22(32)28-19)27-18(26-12)7-4-14-9-25-30(10-14)11-15-8-16(23)5-6-17(15)24;;/h5-6,8-10,13,20,31H,4,7,11H2,1-3H3,(H,28,32);2*1H2/t13-,20-;;/m0../s1. The van der Waals surface area contributed by atoms with Crippen LogP contribution in [0.4, 0.5) is 20.3 Å². The SMILES string of the molecule is Cc1nc(CCc2cnn(Cc3cc(F)ccc3F)c2)nc2c1NC(=O)[C@H]([C@H](C)O)N2C.S.S. The number of aromatic nitrogens is 4. The summed E-state index contributed by atoms with van der Waals surface area (Å²) in [5.74, 6) is -0.106. The lowest BCUT2D eigenvalue weighted by Crippen LogP contribution is -2.52. The van der Waals surface area contributed by atoms with Crippen LogP contribution in [-0.4, -0.2) is 50.0 Å². The monoisotopic (exact) mass is 510 g/mol. The van der Waals surface area contributed by atoms with E-state index in [2.05, 4.69) is 20.4 Å². The number of nitrogens with one attached hydrogen (secondary N) is 1. The smallest absolute Gasteiger partial charge is 0.249 e. The number of aryl methyl sites for hydroxylation is 3. The molecule has 2 N–H and O–H groups in total. The van der Waals surface area contributed by atoms with Crippen LogP contribution < -0.4 is 10.2 Å². The van der Waals surface area contributed by atoms with E-state index in [0.29, 0.717) is 35.9 Å². The van der Waals surface area contributed by atoms with Crippen LogP contribution in [0.15, 0.2) is 30.6 Å². The molecule has 0 spiro atoms. The van der Waals surface area contributed by atoms with Crippen molar-refractivity contribution in [1.82, 2.24) is 19.7 Å². The average molecular weight is 511 g/mol. The maximum Gasteiger partial charge on any atom is 0.249 e. The molecule has 0 saturated heterocycles. The van der Waals surface area contributed by atoms with Crippen LogP contribution in [0.1, 0.15) is 29.6 Å². The molecule has 3 heterocycles. The largest absolute Gasteiger partial charge is 0.391 e. The second kappa shape index (κ2) is 11.2. The van der Waals surface area contributed by atoms with Crippen molar-refractivity contribution in [2.75, 3.05) is 17.3 Å². The first-order valence-electron chi connectivity index (χ1n) is 10.3. The predicted molar refractivity (Wildman–Crippen MR) is 135 cm³/mol. The third-order valence-electron chi connectivity index (χ3n) is 5.51. The fourth-order valence-corrected chi connectivity index (χ4v) is 3.89. The van der Waals surface area contributed by atoms with Gasteiger partial charge in [0.1, 0.15) is 29.2 Å². The third-order valence-corrected chi connectivity index (χ3v) is 5.51. The Hall–Kier alpha value is -2.70. The van der Waals surface area contributed by atoms with Gasteiger partial charge in [-0.2, -0.15) is 32.1 Å². The quantitative estimate of drug-likeness (QED) is 0.529. The van der Waals surface area contributed by atoms with Crippen molar-refractivity contribution in [3.8, 4) is 0 Å². The Labute approximate surface area is 210 Å². The molecule has 1 aliphatic rings. The predicted octanol–water partition coefficient (Wildman–Crippen LogP) is 2.46. The number of halogens is 2. The Bertz CT molecular complexity index is 1170. The molecule has 8 nitrogen and oxygen atoms in total. The van der Waals surface area contributed by atoms with E-state index >= 15 is 0 Å². The van der Waals surface area contributed by atoms with E-state index in [-0.39, 0.29) is 45.0 Å². The molecular weight excluding hydrogens is 482 g/mol. The Kier molecular flexibility index (Phi) is 9.03. The van der Waals surface area contributed by atoms with Gasteiger partial charge in [-0.3, -0.25) is 9.48 Å². The molecule has 4 rings (SSSR count). The van der Waals surface area contributed by atoms with Gasteiger partial charge in [0.15, 0.2) is 5.82 Å². The second-order valence-electron chi connectivity index (χ2n) is 7.99. The fraction of sp³-hybridized carbons (Fsp3) is 0.364. The van der Waals surface area contributed by atoms with Gasteiger partial charge in [-0.15, -0.1) is 0 Å². The summed E-state index contributed by atoms with van der Waals surface area (Å²) in [6, 6.07) is 2.62. The minimum atomic E-state index is -0.861. The zero-order chi connectivity index (χ0) is 23.0. The maximum atomic E-state index is 13.9. The van der Waals surface area contributed by atoms with E-state index in [9.17, 15) is 18.7 Å². The van der Waals surface area contributed by atoms with Crippen molar-refractivity contribution < 1.29 is 18.7 Å². The number of carbonyl (C=O) groups excluding carboxylic acids is 1. The third kappa shape index (κ3) is 5.68. The highest BCUT2D eigenvalue weighted by Gasteiger charge is 2.36. The summed E-state index contributed by atoms with van der Waals surface area (Å²) in [7, 11) is 1.72. The number of benzene rings is 1. The first kappa shape index (κ1) is 27.5. The molecule has 184 valence electrons. The van der Waals surface area contributed by atoms with Crippen LogP contribution in [0.25, 0.3) is 0 Å². The normalized spacial score (nSPS) is 15.6. The van der Waals surface area contributed by atoms with Crippen LogP contribution in [0.5, 0.6) is 0 Å². The molecule has 0 aliphatic carbocycles. The molecule has 12 heteroatoms. The molecule has 0 unspecified atom stereocenters. The van der Waals surface area contributed by atoms with Crippen LogP contribution in [0.3, 0.4) is 0 Å². The molecular formula is C22H28F2N6O2S2. The molecule has 1 aliphatic heterocycles. The van der Waals surface area contributed by atoms with Crippen molar-refractivity contribution in [3.63, 3.8) is 0 Å². The lowest BCUT2D eigenvalue weighted by molar-refractivity contribution is -0.119. The minimum Gasteiger partial charge on any atom is -0.391 e. The molecule has 2 atom stereocenters. The van der Waals surface area contributed by atoms with Crippen molar-refractivity contribution in [3.05, 3.63) is 64.9 Å². The minimum absolute atomic E-state index is 0. The van der Waals surface area contributed by atoms with E-state index in [4.69, 9.17) is 0 Å². The summed E-state index contributed by atoms with van der Waals surface area (Å²) < 4.78 is 28.8. The second-order valence-corrected chi connectivity index (χ2v) is 7.99. The van der Waals surface area contributed by atoms with E-state index < -0.39 is 23.8 Å². The van der Waals surface area contributed by atoms with Gasteiger partial charge in [-0.1, -0.05) is 0 Å². The molecule has 1 aromatic carbocycles. The number of likely N-dealkylation sites (N-methyl/N-ethyl adjacent to an activating group) is 1. The summed E-state index contributed by atoms with van der Waals surface area (Å²) in [5, 5.41) is 17.0. The number of rotatable bonds is 6. The topological polar surface area (TPSA) is 96.2 Å². The Morgan fingerprint density at radius 2 is 1.94 bits per heavy atom. The van der Waals surface area contributed by atoms with Gasteiger partial charge in [-0.25, -0.2) is 18.7 Å². The Morgan fingerprint density at radius 3 is 2.65 bits per heavy atom. The van der Waals surface area contributed by atoms with Gasteiger partial charge in [0.05, 0.1) is 24.5 Å². The van der Waals surface area contributed by atoms with Crippen LogP contribution in [0.2, 0.25) is 0 Å². The summed E-state index contributed by atoms with van der Waals surface area (Å²) >= 11 is 0. The summed E-state index contributed by atoms with van der Waals surface area (Å²) in [6.45, 7) is 3.49. The zero-order valence-electron chi connectivity index (χ0n) is 19.0. The summed E-state index contributed by atoms with van der Waals surface area (Å²) in [6.07, 6.45) is 3.72. The van der Waals surface area contributed by atoms with E-state index in [0.717, 1.165) is 23.8 Å². The molecule has 1 amide bonds. The van der Waals surface area contributed by atoms with Gasteiger partial charge in [0.25, 0.3) is 0 Å². The summed E-state index contributed by atoms with van der Waals surface area (Å²) in [4.78, 5) is 23.1. The highest BCUT2D eigenvalue weighted by molar-refractivity contribution is 7.59. The highest BCUT2D eigenvalue weighted by atomic mass is 32.1. The maximum absolute atomic E-state index is 13.9. The zero-order valence-corrected chi connectivity index (χ0v) is 21.0.